The molecule has 2 fully saturated rings. The molecule has 0 radical (unpaired) electrons. The summed E-state index contributed by atoms with van der Waals surface area (Å²) in [7, 11) is 3.41. The number of methoxy groups -OCH3 is 1. The fourth-order valence-electron chi connectivity index (χ4n) is 4.16. The second kappa shape index (κ2) is 6.90. The molecule has 0 spiro atoms. The van der Waals surface area contributed by atoms with Crippen LogP contribution in [0.15, 0.2) is 0 Å². The van der Waals surface area contributed by atoms with Gasteiger partial charge in [0.05, 0.1) is 7.11 Å². The first kappa shape index (κ1) is 15.8. The number of likely N-dealkylation sites (tertiary alicyclic amines) is 1. The lowest BCUT2D eigenvalue weighted by Crippen LogP contribution is -2.54. The van der Waals surface area contributed by atoms with Gasteiger partial charge in [-0.05, 0) is 65.1 Å². The van der Waals surface area contributed by atoms with E-state index in [-0.39, 0.29) is 5.97 Å². The van der Waals surface area contributed by atoms with Crippen LogP contribution in [0.1, 0.15) is 51.9 Å². The average Bonchev–Trinajstić information content (AvgIpc) is 2.89. The van der Waals surface area contributed by atoms with Gasteiger partial charge in [-0.3, -0.25) is 4.79 Å². The van der Waals surface area contributed by atoms with E-state index in [1.165, 1.54) is 32.9 Å². The lowest BCUT2D eigenvalue weighted by atomic mass is 9.84. The molecule has 116 valence electrons. The number of carbonyl (C=O) groups excluding carboxylic acids is 1. The highest BCUT2D eigenvalue weighted by Crippen LogP contribution is 2.39. The third-order valence-corrected chi connectivity index (χ3v) is 5.52. The smallest absolute Gasteiger partial charge is 0.326 e. The quantitative estimate of drug-likeness (QED) is 0.785. The average molecular weight is 282 g/mol. The van der Waals surface area contributed by atoms with E-state index in [9.17, 15) is 4.79 Å². The van der Waals surface area contributed by atoms with Crippen LogP contribution in [-0.2, 0) is 9.53 Å². The number of rotatable bonds is 5. The Kier molecular flexibility index (Phi) is 5.44. The number of nitrogens with one attached hydrogen (secondary N) is 1. The van der Waals surface area contributed by atoms with Crippen LogP contribution in [0.4, 0.5) is 0 Å². The number of hydrogen-bond acceptors (Lipinski definition) is 4. The van der Waals surface area contributed by atoms with E-state index < -0.39 is 5.54 Å². The van der Waals surface area contributed by atoms with Gasteiger partial charge in [0.2, 0.25) is 0 Å². The Morgan fingerprint density at radius 1 is 1.35 bits per heavy atom. The molecular weight excluding hydrogens is 252 g/mol. The second-order valence-corrected chi connectivity index (χ2v) is 6.47. The summed E-state index contributed by atoms with van der Waals surface area (Å²) in [5.74, 6) is 0.336. The van der Waals surface area contributed by atoms with E-state index in [0.29, 0.717) is 12.0 Å². The first-order valence-corrected chi connectivity index (χ1v) is 8.15. The van der Waals surface area contributed by atoms with Crippen LogP contribution in [0, 0.1) is 5.92 Å². The van der Waals surface area contributed by atoms with Crippen LogP contribution in [-0.4, -0.2) is 49.7 Å². The first-order chi connectivity index (χ1) is 9.64. The minimum atomic E-state index is -0.437. The summed E-state index contributed by atoms with van der Waals surface area (Å²) < 4.78 is 5.06. The van der Waals surface area contributed by atoms with E-state index in [4.69, 9.17) is 4.74 Å². The van der Waals surface area contributed by atoms with Gasteiger partial charge in [-0.2, -0.15) is 0 Å². The Morgan fingerprint density at radius 3 is 2.80 bits per heavy atom. The lowest BCUT2D eigenvalue weighted by molar-refractivity contribution is -0.150. The summed E-state index contributed by atoms with van der Waals surface area (Å²) in [5.41, 5.74) is -0.437. The van der Waals surface area contributed by atoms with Crippen LogP contribution in [0.25, 0.3) is 0 Å². The van der Waals surface area contributed by atoms with Crippen molar-refractivity contribution >= 4 is 5.97 Å². The predicted octanol–water partition coefficient (Wildman–Crippen LogP) is 2.18. The molecule has 2 aliphatic rings. The monoisotopic (exact) mass is 282 g/mol. The topological polar surface area (TPSA) is 41.6 Å². The number of esters is 1. The van der Waals surface area contributed by atoms with Gasteiger partial charge in [-0.1, -0.05) is 12.8 Å². The minimum absolute atomic E-state index is 0.0748. The first-order valence-electron chi connectivity index (χ1n) is 8.15. The zero-order chi connectivity index (χ0) is 14.6. The molecule has 1 saturated heterocycles. The van der Waals surface area contributed by atoms with Gasteiger partial charge < -0.3 is 15.0 Å². The molecule has 3 atom stereocenters. The maximum Gasteiger partial charge on any atom is 0.326 e. The van der Waals surface area contributed by atoms with Gasteiger partial charge in [0.1, 0.15) is 5.54 Å². The van der Waals surface area contributed by atoms with E-state index in [1.54, 1.807) is 0 Å². The van der Waals surface area contributed by atoms with Gasteiger partial charge in [0.15, 0.2) is 0 Å². The standard InChI is InChI=1S/C16H30N2O2/c1-13-7-4-5-11-18(13)12-9-14-8-6-10-16(14,17-2)15(19)20-3/h13-14,17H,4-12H2,1-3H3. The SMILES string of the molecule is CNC1(C(=O)OC)CCCC1CCN1CCCCC1C. The molecule has 0 aromatic heterocycles. The second-order valence-electron chi connectivity index (χ2n) is 6.47. The largest absolute Gasteiger partial charge is 0.468 e. The van der Waals surface area contributed by atoms with Gasteiger partial charge >= 0.3 is 5.97 Å². The Labute approximate surface area is 123 Å². The van der Waals surface area contributed by atoms with Crippen LogP contribution >= 0.6 is 0 Å². The molecule has 2 rings (SSSR count). The fourth-order valence-corrected chi connectivity index (χ4v) is 4.16. The Balaban J connectivity index is 1.95. The van der Waals surface area contributed by atoms with E-state index >= 15 is 0 Å². The molecule has 3 unspecified atom stereocenters. The summed E-state index contributed by atoms with van der Waals surface area (Å²) in [6.07, 6.45) is 8.27. The van der Waals surface area contributed by atoms with Crippen molar-refractivity contribution in [3.8, 4) is 0 Å². The molecule has 0 aromatic rings. The van der Waals surface area contributed by atoms with Gasteiger partial charge in [0.25, 0.3) is 0 Å². The summed E-state index contributed by atoms with van der Waals surface area (Å²) in [6.45, 7) is 4.67. The number of likely N-dealkylation sites (N-methyl/N-ethyl adjacent to an activating group) is 1. The van der Waals surface area contributed by atoms with Crippen LogP contribution in [0.2, 0.25) is 0 Å². The predicted molar refractivity (Wildman–Crippen MR) is 80.7 cm³/mol. The van der Waals surface area contributed by atoms with Crippen molar-refractivity contribution in [1.29, 1.82) is 0 Å². The Bertz CT molecular complexity index is 334. The van der Waals surface area contributed by atoms with Crippen molar-refractivity contribution in [2.75, 3.05) is 27.2 Å². The highest BCUT2D eigenvalue weighted by Gasteiger charge is 2.48. The molecule has 1 aliphatic heterocycles. The normalized spacial score (nSPS) is 35.1. The molecule has 4 heteroatoms. The molecule has 0 aromatic carbocycles. The molecule has 1 aliphatic carbocycles. The highest BCUT2D eigenvalue weighted by molar-refractivity contribution is 5.81. The van der Waals surface area contributed by atoms with Crippen LogP contribution in [0.5, 0.6) is 0 Å². The lowest BCUT2D eigenvalue weighted by Gasteiger charge is -2.37. The minimum Gasteiger partial charge on any atom is -0.468 e. The third kappa shape index (κ3) is 3.01. The fraction of sp³-hybridized carbons (Fsp3) is 0.938. The molecule has 4 nitrogen and oxygen atoms in total. The number of ether oxygens (including phenoxy) is 1. The molecule has 1 N–H and O–H groups in total. The van der Waals surface area contributed by atoms with Crippen molar-refractivity contribution in [1.82, 2.24) is 10.2 Å². The summed E-state index contributed by atoms with van der Waals surface area (Å²) in [6, 6.07) is 0.701. The van der Waals surface area contributed by atoms with Crippen molar-refractivity contribution < 1.29 is 9.53 Å². The molecular formula is C16H30N2O2. The van der Waals surface area contributed by atoms with Crippen LogP contribution < -0.4 is 5.32 Å². The van der Waals surface area contributed by atoms with Gasteiger partial charge in [-0.25, -0.2) is 0 Å². The Hall–Kier alpha value is -0.610. The number of hydrogen-bond donors (Lipinski definition) is 1. The zero-order valence-corrected chi connectivity index (χ0v) is 13.3. The number of nitrogens with zero attached hydrogens (tertiary/aromatic N) is 1. The summed E-state index contributed by atoms with van der Waals surface area (Å²) in [4.78, 5) is 14.8. The van der Waals surface area contributed by atoms with Gasteiger partial charge in [-0.15, -0.1) is 0 Å². The summed E-state index contributed by atoms with van der Waals surface area (Å²) >= 11 is 0. The summed E-state index contributed by atoms with van der Waals surface area (Å²) in [5, 5.41) is 3.28. The van der Waals surface area contributed by atoms with Crippen LogP contribution in [0.3, 0.4) is 0 Å². The highest BCUT2D eigenvalue weighted by atomic mass is 16.5. The number of piperidine rings is 1. The zero-order valence-electron chi connectivity index (χ0n) is 13.3. The van der Waals surface area contributed by atoms with Crippen molar-refractivity contribution in [2.24, 2.45) is 5.92 Å². The molecule has 0 bridgehead atoms. The van der Waals surface area contributed by atoms with E-state index in [1.807, 2.05) is 7.05 Å². The third-order valence-electron chi connectivity index (χ3n) is 5.52. The van der Waals surface area contributed by atoms with Gasteiger partial charge in [0, 0.05) is 6.04 Å². The van der Waals surface area contributed by atoms with Crippen molar-refractivity contribution in [2.45, 2.75) is 63.5 Å². The molecule has 1 saturated carbocycles. The Morgan fingerprint density at radius 2 is 2.15 bits per heavy atom. The van der Waals surface area contributed by atoms with E-state index in [2.05, 4.69) is 17.1 Å². The molecule has 1 heterocycles. The maximum absolute atomic E-state index is 12.2. The van der Waals surface area contributed by atoms with Crippen molar-refractivity contribution in [3.63, 3.8) is 0 Å². The maximum atomic E-state index is 12.2. The molecule has 0 amide bonds. The molecule has 20 heavy (non-hydrogen) atoms. The van der Waals surface area contributed by atoms with E-state index in [0.717, 1.165) is 32.2 Å². The van der Waals surface area contributed by atoms with Crippen molar-refractivity contribution in [3.05, 3.63) is 0 Å². The number of carbonyl (C=O) groups is 1.